The van der Waals surface area contributed by atoms with Gasteiger partial charge in [-0.1, -0.05) is 30.3 Å². The second kappa shape index (κ2) is 7.72. The Hall–Kier alpha value is -2.99. The zero-order chi connectivity index (χ0) is 17.6. The van der Waals surface area contributed by atoms with Gasteiger partial charge in [0, 0.05) is 22.3 Å². The Morgan fingerprint density at radius 2 is 1.72 bits per heavy atom. The summed E-state index contributed by atoms with van der Waals surface area (Å²) in [5.41, 5.74) is 2.15. The van der Waals surface area contributed by atoms with Crippen LogP contribution in [0.15, 0.2) is 60.8 Å². The summed E-state index contributed by atoms with van der Waals surface area (Å²) in [5.74, 6) is -0.277. The van der Waals surface area contributed by atoms with Crippen molar-refractivity contribution in [1.82, 2.24) is 4.98 Å². The third-order valence-electron chi connectivity index (χ3n) is 3.48. The van der Waals surface area contributed by atoms with Crippen LogP contribution in [0.25, 0.3) is 0 Å². The van der Waals surface area contributed by atoms with Crippen LogP contribution < -0.4 is 10.6 Å². The quantitative estimate of drug-likeness (QED) is 0.733. The van der Waals surface area contributed by atoms with Crippen molar-refractivity contribution in [3.05, 3.63) is 76.8 Å². The Morgan fingerprint density at radius 3 is 2.36 bits per heavy atom. The second-order valence-corrected chi connectivity index (χ2v) is 6.75. The van der Waals surface area contributed by atoms with Gasteiger partial charge in [0.1, 0.15) is 0 Å². The van der Waals surface area contributed by atoms with E-state index in [1.807, 2.05) is 37.3 Å². The molecule has 0 fully saturated rings. The lowest BCUT2D eigenvalue weighted by atomic mass is 10.1. The summed E-state index contributed by atoms with van der Waals surface area (Å²) in [4.78, 5) is 29.3. The number of rotatable bonds is 5. The molecule has 0 saturated carbocycles. The molecule has 1 heterocycles. The predicted molar refractivity (Wildman–Crippen MR) is 100 cm³/mol. The summed E-state index contributed by atoms with van der Waals surface area (Å²) in [6, 6.07) is 16.3. The summed E-state index contributed by atoms with van der Waals surface area (Å²) in [6.07, 6.45) is 1.98. The third-order valence-corrected chi connectivity index (χ3v) is 4.31. The van der Waals surface area contributed by atoms with Gasteiger partial charge in [-0.25, -0.2) is 4.98 Å². The lowest BCUT2D eigenvalue weighted by Gasteiger charge is -2.07. The maximum Gasteiger partial charge on any atom is 0.255 e. The number of thiazole rings is 1. The molecule has 0 saturated heterocycles. The van der Waals surface area contributed by atoms with Gasteiger partial charge in [-0.2, -0.15) is 0 Å². The number of hydrogen-bond donors (Lipinski definition) is 2. The van der Waals surface area contributed by atoms with Crippen LogP contribution >= 0.6 is 11.3 Å². The molecule has 5 nitrogen and oxygen atoms in total. The van der Waals surface area contributed by atoms with E-state index in [0.717, 1.165) is 10.4 Å². The van der Waals surface area contributed by atoms with E-state index in [4.69, 9.17) is 0 Å². The average molecular weight is 351 g/mol. The normalized spacial score (nSPS) is 10.3. The Labute approximate surface area is 149 Å². The zero-order valence-corrected chi connectivity index (χ0v) is 14.5. The molecule has 126 valence electrons. The van der Waals surface area contributed by atoms with Crippen molar-refractivity contribution in [1.29, 1.82) is 0 Å². The number of aryl methyl sites for hydroxylation is 1. The lowest BCUT2D eigenvalue weighted by molar-refractivity contribution is -0.115. The van der Waals surface area contributed by atoms with Gasteiger partial charge in [0.2, 0.25) is 5.91 Å². The first-order valence-corrected chi connectivity index (χ1v) is 8.59. The molecule has 1 aromatic heterocycles. The predicted octanol–water partition coefficient (Wildman–Crippen LogP) is 3.89. The van der Waals surface area contributed by atoms with Crippen molar-refractivity contribution in [3.8, 4) is 0 Å². The van der Waals surface area contributed by atoms with Gasteiger partial charge >= 0.3 is 0 Å². The second-order valence-electron chi connectivity index (χ2n) is 5.52. The summed E-state index contributed by atoms with van der Waals surface area (Å²) in [5, 5.41) is 6.22. The highest BCUT2D eigenvalue weighted by Gasteiger charge is 2.08. The number of anilines is 2. The Morgan fingerprint density at radius 1 is 1.00 bits per heavy atom. The molecule has 0 aliphatic carbocycles. The van der Waals surface area contributed by atoms with Gasteiger partial charge in [-0.05, 0) is 36.8 Å². The SMILES string of the molecule is Cc1cnc(NC(=O)Cc2ccc(NC(=O)c3ccccc3)cc2)s1. The molecule has 2 aromatic carbocycles. The van der Waals surface area contributed by atoms with Crippen molar-refractivity contribution in [2.45, 2.75) is 13.3 Å². The average Bonchev–Trinajstić information content (AvgIpc) is 3.02. The zero-order valence-electron chi connectivity index (χ0n) is 13.7. The monoisotopic (exact) mass is 351 g/mol. The minimum atomic E-state index is -0.162. The highest BCUT2D eigenvalue weighted by atomic mass is 32.1. The molecule has 0 bridgehead atoms. The number of nitrogens with one attached hydrogen (secondary N) is 2. The van der Waals surface area contributed by atoms with Crippen LogP contribution in [0.5, 0.6) is 0 Å². The molecule has 0 unspecified atom stereocenters. The molecule has 0 aliphatic rings. The molecule has 0 radical (unpaired) electrons. The number of benzene rings is 2. The van der Waals surface area contributed by atoms with Gasteiger partial charge < -0.3 is 10.6 Å². The molecule has 3 rings (SSSR count). The fourth-order valence-corrected chi connectivity index (χ4v) is 2.94. The first-order valence-electron chi connectivity index (χ1n) is 7.78. The molecule has 0 aliphatic heterocycles. The minimum Gasteiger partial charge on any atom is -0.322 e. The van der Waals surface area contributed by atoms with Crippen molar-refractivity contribution in [2.75, 3.05) is 10.6 Å². The highest BCUT2D eigenvalue weighted by molar-refractivity contribution is 7.15. The Kier molecular flexibility index (Phi) is 5.20. The topological polar surface area (TPSA) is 71.1 Å². The van der Waals surface area contributed by atoms with E-state index in [2.05, 4.69) is 15.6 Å². The van der Waals surface area contributed by atoms with Crippen LogP contribution in [0.4, 0.5) is 10.8 Å². The number of aromatic nitrogens is 1. The van der Waals surface area contributed by atoms with Crippen molar-refractivity contribution in [2.24, 2.45) is 0 Å². The smallest absolute Gasteiger partial charge is 0.255 e. The van der Waals surface area contributed by atoms with Crippen LogP contribution in [0, 0.1) is 6.92 Å². The van der Waals surface area contributed by atoms with E-state index in [1.54, 1.807) is 30.5 Å². The maximum absolute atomic E-state index is 12.1. The van der Waals surface area contributed by atoms with Crippen molar-refractivity contribution >= 4 is 34.0 Å². The minimum absolute atomic E-state index is 0.115. The molecule has 2 N–H and O–H groups in total. The number of carbonyl (C=O) groups excluding carboxylic acids is 2. The first kappa shape index (κ1) is 16.9. The number of carbonyl (C=O) groups is 2. The maximum atomic E-state index is 12.1. The summed E-state index contributed by atoms with van der Waals surface area (Å²) in [7, 11) is 0. The van der Waals surface area contributed by atoms with Crippen LogP contribution in [-0.2, 0) is 11.2 Å². The van der Waals surface area contributed by atoms with E-state index >= 15 is 0 Å². The van der Waals surface area contributed by atoms with E-state index < -0.39 is 0 Å². The highest BCUT2D eigenvalue weighted by Crippen LogP contribution is 2.17. The lowest BCUT2D eigenvalue weighted by Crippen LogP contribution is -2.14. The van der Waals surface area contributed by atoms with Gasteiger partial charge in [-0.3, -0.25) is 9.59 Å². The number of nitrogens with zero attached hydrogens (tertiary/aromatic N) is 1. The molecule has 0 spiro atoms. The fraction of sp³-hybridized carbons (Fsp3) is 0.105. The van der Waals surface area contributed by atoms with Crippen LogP contribution in [0.1, 0.15) is 20.8 Å². The number of amides is 2. The molecule has 25 heavy (non-hydrogen) atoms. The van der Waals surface area contributed by atoms with Crippen LogP contribution in [0.2, 0.25) is 0 Å². The van der Waals surface area contributed by atoms with Crippen LogP contribution in [0.3, 0.4) is 0 Å². The van der Waals surface area contributed by atoms with Crippen LogP contribution in [-0.4, -0.2) is 16.8 Å². The molecule has 0 atom stereocenters. The van der Waals surface area contributed by atoms with E-state index in [9.17, 15) is 9.59 Å². The summed E-state index contributed by atoms with van der Waals surface area (Å²) in [6.45, 7) is 1.94. The van der Waals surface area contributed by atoms with Gasteiger partial charge in [0.25, 0.3) is 5.91 Å². The summed E-state index contributed by atoms with van der Waals surface area (Å²) >= 11 is 1.44. The van der Waals surface area contributed by atoms with Gasteiger partial charge in [0.15, 0.2) is 5.13 Å². The fourth-order valence-electron chi connectivity index (χ4n) is 2.26. The Balaban J connectivity index is 1.56. The summed E-state index contributed by atoms with van der Waals surface area (Å²) < 4.78 is 0. The molecular formula is C19H17N3O2S. The molecular weight excluding hydrogens is 334 g/mol. The van der Waals surface area contributed by atoms with Crippen molar-refractivity contribution < 1.29 is 9.59 Å². The van der Waals surface area contributed by atoms with E-state index in [-0.39, 0.29) is 18.2 Å². The molecule has 3 aromatic rings. The number of hydrogen-bond acceptors (Lipinski definition) is 4. The largest absolute Gasteiger partial charge is 0.322 e. The third kappa shape index (κ3) is 4.74. The van der Waals surface area contributed by atoms with Crippen molar-refractivity contribution in [3.63, 3.8) is 0 Å². The standard InChI is InChI=1S/C19H17N3O2S/c1-13-12-20-19(25-13)22-17(23)11-14-7-9-16(10-8-14)21-18(24)15-5-3-2-4-6-15/h2-10,12H,11H2,1H3,(H,21,24)(H,20,22,23). The first-order chi connectivity index (χ1) is 12.1. The van der Waals surface area contributed by atoms with Gasteiger partial charge in [0.05, 0.1) is 6.42 Å². The molecule has 2 amide bonds. The van der Waals surface area contributed by atoms with E-state index in [1.165, 1.54) is 11.3 Å². The Bertz CT molecular complexity index is 873. The van der Waals surface area contributed by atoms with Gasteiger partial charge in [-0.15, -0.1) is 11.3 Å². The molecule has 6 heteroatoms. The van der Waals surface area contributed by atoms with E-state index in [0.29, 0.717) is 16.4 Å².